The van der Waals surface area contributed by atoms with Gasteiger partial charge in [0.2, 0.25) is 7.37 Å². The van der Waals surface area contributed by atoms with Gasteiger partial charge in [-0.1, -0.05) is 61.5 Å². The van der Waals surface area contributed by atoms with Crippen molar-refractivity contribution in [2.45, 2.75) is 25.4 Å². The first-order valence-electron chi connectivity index (χ1n) is 8.54. The summed E-state index contributed by atoms with van der Waals surface area (Å²) in [7, 11) is -3.78. The van der Waals surface area contributed by atoms with Crippen LogP contribution >= 0.6 is 7.37 Å². The molecule has 4 nitrogen and oxygen atoms in total. The third-order valence-corrected chi connectivity index (χ3v) is 6.53. The molecule has 0 aliphatic heterocycles. The molecule has 134 valence electrons. The molecule has 3 aromatic rings. The average molecular weight is 368 g/mol. The van der Waals surface area contributed by atoms with Gasteiger partial charge in [-0.3, -0.25) is 9.36 Å². The number of benzene rings is 3. The van der Waals surface area contributed by atoms with Gasteiger partial charge in [-0.05, 0) is 40.5 Å². The van der Waals surface area contributed by atoms with E-state index in [1.807, 2.05) is 42.5 Å². The second-order valence-electron chi connectivity index (χ2n) is 6.40. The van der Waals surface area contributed by atoms with E-state index < -0.39 is 19.3 Å². The Kier molecular flexibility index (Phi) is 5.26. The van der Waals surface area contributed by atoms with Crippen LogP contribution < -0.4 is 5.30 Å². The van der Waals surface area contributed by atoms with Gasteiger partial charge < -0.3 is 10.00 Å². The van der Waals surface area contributed by atoms with Gasteiger partial charge in [-0.25, -0.2) is 0 Å². The fourth-order valence-corrected chi connectivity index (χ4v) is 5.11. The standard InChI is InChI=1S/C21H21O4P/c1-2-18(21(22)23)19-12-16-10-6-7-11-17(16)13-20(19)26(24,25)14-15-8-4-3-5-9-15/h3-13,18H,2,14H2,1H3,(H,22,23)(H,24,25). The van der Waals surface area contributed by atoms with Crippen molar-refractivity contribution >= 4 is 29.4 Å². The van der Waals surface area contributed by atoms with Crippen LogP contribution in [0, 0.1) is 0 Å². The first kappa shape index (κ1) is 18.4. The van der Waals surface area contributed by atoms with Crippen molar-refractivity contribution in [1.29, 1.82) is 0 Å². The molecule has 0 fully saturated rings. The Hall–Kier alpha value is -2.42. The minimum absolute atomic E-state index is 0.0186. The summed E-state index contributed by atoms with van der Waals surface area (Å²) in [5.74, 6) is -1.80. The van der Waals surface area contributed by atoms with Crippen LogP contribution in [0.5, 0.6) is 0 Å². The maximum atomic E-state index is 13.3. The molecule has 2 N–H and O–H groups in total. The Labute approximate surface area is 152 Å². The van der Waals surface area contributed by atoms with Gasteiger partial charge in [0, 0.05) is 5.30 Å². The highest BCUT2D eigenvalue weighted by Gasteiger charge is 2.31. The second kappa shape index (κ2) is 7.45. The predicted octanol–water partition coefficient (Wildman–Crippen LogP) is 4.51. The van der Waals surface area contributed by atoms with Crippen LogP contribution in [0.4, 0.5) is 0 Å². The predicted molar refractivity (Wildman–Crippen MR) is 104 cm³/mol. The number of hydrogen-bond donors (Lipinski definition) is 2. The Balaban J connectivity index is 2.18. The Morgan fingerprint density at radius 3 is 2.15 bits per heavy atom. The van der Waals surface area contributed by atoms with Crippen molar-refractivity contribution in [2.24, 2.45) is 0 Å². The van der Waals surface area contributed by atoms with Crippen molar-refractivity contribution in [3.63, 3.8) is 0 Å². The molecule has 0 amide bonds. The van der Waals surface area contributed by atoms with Crippen LogP contribution in [0.1, 0.15) is 30.4 Å². The van der Waals surface area contributed by atoms with E-state index in [0.717, 1.165) is 16.3 Å². The van der Waals surface area contributed by atoms with Gasteiger partial charge in [0.05, 0.1) is 12.1 Å². The van der Waals surface area contributed by atoms with Gasteiger partial charge in [0.15, 0.2) is 0 Å². The lowest BCUT2D eigenvalue weighted by Crippen LogP contribution is -2.21. The minimum atomic E-state index is -3.78. The minimum Gasteiger partial charge on any atom is -0.481 e. The maximum absolute atomic E-state index is 13.3. The van der Waals surface area contributed by atoms with Crippen LogP contribution in [-0.4, -0.2) is 16.0 Å². The van der Waals surface area contributed by atoms with Crippen LogP contribution in [0.3, 0.4) is 0 Å². The summed E-state index contributed by atoms with van der Waals surface area (Å²) in [6.07, 6.45) is 0.335. The fraction of sp³-hybridized carbons (Fsp3) is 0.190. The van der Waals surface area contributed by atoms with E-state index in [1.165, 1.54) is 0 Å². The van der Waals surface area contributed by atoms with Crippen LogP contribution in [0.25, 0.3) is 10.8 Å². The highest BCUT2D eigenvalue weighted by atomic mass is 31.2. The van der Waals surface area contributed by atoms with Crippen LogP contribution in [-0.2, 0) is 15.5 Å². The van der Waals surface area contributed by atoms with E-state index in [1.54, 1.807) is 31.2 Å². The average Bonchev–Trinajstić information content (AvgIpc) is 2.62. The number of carboxylic acids is 1. The molecule has 0 aromatic heterocycles. The molecule has 0 saturated carbocycles. The summed E-state index contributed by atoms with van der Waals surface area (Å²) < 4.78 is 13.3. The second-order valence-corrected chi connectivity index (χ2v) is 8.60. The smallest absolute Gasteiger partial charge is 0.310 e. The van der Waals surface area contributed by atoms with Gasteiger partial charge in [-0.2, -0.15) is 0 Å². The summed E-state index contributed by atoms with van der Waals surface area (Å²) in [5, 5.41) is 11.5. The van der Waals surface area contributed by atoms with E-state index in [4.69, 9.17) is 0 Å². The zero-order valence-corrected chi connectivity index (χ0v) is 15.4. The van der Waals surface area contributed by atoms with E-state index >= 15 is 0 Å². The van der Waals surface area contributed by atoms with Crippen molar-refractivity contribution < 1.29 is 19.4 Å². The number of hydrogen-bond acceptors (Lipinski definition) is 2. The quantitative estimate of drug-likeness (QED) is 0.628. The molecule has 0 spiro atoms. The Morgan fingerprint density at radius 1 is 1.00 bits per heavy atom. The van der Waals surface area contributed by atoms with Crippen molar-refractivity contribution in [3.05, 3.63) is 77.9 Å². The first-order chi connectivity index (χ1) is 12.4. The summed E-state index contributed by atoms with van der Waals surface area (Å²) in [6.45, 7) is 1.78. The lowest BCUT2D eigenvalue weighted by atomic mass is 9.94. The topological polar surface area (TPSA) is 74.6 Å². The summed E-state index contributed by atoms with van der Waals surface area (Å²) in [4.78, 5) is 22.6. The van der Waals surface area contributed by atoms with E-state index in [9.17, 15) is 19.4 Å². The normalized spacial score (nSPS) is 14.7. The molecular weight excluding hydrogens is 347 g/mol. The van der Waals surface area contributed by atoms with E-state index in [2.05, 4.69) is 0 Å². The third-order valence-electron chi connectivity index (χ3n) is 4.59. The van der Waals surface area contributed by atoms with Gasteiger partial charge >= 0.3 is 5.97 Å². The maximum Gasteiger partial charge on any atom is 0.310 e. The molecule has 2 atom stereocenters. The SMILES string of the molecule is CCC(C(=O)O)c1cc2ccccc2cc1P(=O)(O)Cc1ccccc1. The summed E-state index contributed by atoms with van der Waals surface area (Å²) >= 11 is 0. The van der Waals surface area contributed by atoms with Gasteiger partial charge in [-0.15, -0.1) is 0 Å². The van der Waals surface area contributed by atoms with Crippen LogP contribution in [0.2, 0.25) is 0 Å². The Morgan fingerprint density at radius 2 is 1.58 bits per heavy atom. The first-order valence-corrected chi connectivity index (χ1v) is 10.4. The van der Waals surface area contributed by atoms with Crippen molar-refractivity contribution in [1.82, 2.24) is 0 Å². The largest absolute Gasteiger partial charge is 0.481 e. The lowest BCUT2D eigenvalue weighted by molar-refractivity contribution is -0.138. The fourth-order valence-electron chi connectivity index (χ4n) is 3.27. The monoisotopic (exact) mass is 368 g/mol. The molecular formula is C21H21O4P. The third kappa shape index (κ3) is 3.72. The number of carbonyl (C=O) groups is 1. The molecule has 0 bridgehead atoms. The lowest BCUT2D eigenvalue weighted by Gasteiger charge is -2.21. The molecule has 0 aliphatic rings. The molecule has 3 rings (SSSR count). The molecule has 26 heavy (non-hydrogen) atoms. The van der Waals surface area contributed by atoms with E-state index in [-0.39, 0.29) is 11.5 Å². The molecule has 0 aliphatic carbocycles. The molecule has 2 unspecified atom stereocenters. The zero-order valence-electron chi connectivity index (χ0n) is 14.5. The highest BCUT2D eigenvalue weighted by molar-refractivity contribution is 7.65. The summed E-state index contributed by atoms with van der Waals surface area (Å²) in [5.41, 5.74) is 1.18. The number of carboxylic acid groups (broad SMARTS) is 1. The number of fused-ring (bicyclic) bond motifs is 1. The van der Waals surface area contributed by atoms with Crippen LogP contribution in [0.15, 0.2) is 66.7 Å². The molecule has 0 heterocycles. The van der Waals surface area contributed by atoms with Gasteiger partial charge in [0.1, 0.15) is 0 Å². The van der Waals surface area contributed by atoms with E-state index in [0.29, 0.717) is 12.0 Å². The number of aliphatic carboxylic acids is 1. The van der Waals surface area contributed by atoms with Gasteiger partial charge in [0.25, 0.3) is 0 Å². The highest BCUT2D eigenvalue weighted by Crippen LogP contribution is 2.46. The Bertz CT molecular complexity index is 982. The molecule has 5 heteroatoms. The summed E-state index contributed by atoms with van der Waals surface area (Å²) in [6, 6.07) is 20.0. The van der Waals surface area contributed by atoms with Crippen molar-refractivity contribution in [3.8, 4) is 0 Å². The molecule has 0 saturated heterocycles. The molecule has 3 aromatic carbocycles. The zero-order chi connectivity index (χ0) is 18.7. The molecule has 0 radical (unpaired) electrons. The van der Waals surface area contributed by atoms with Crippen molar-refractivity contribution in [2.75, 3.05) is 0 Å². The number of rotatable bonds is 6.